The van der Waals surface area contributed by atoms with Crippen LogP contribution in [-0.4, -0.2) is 28.6 Å². The standard InChI is InChI=1S/C19H29N3O3/c1-5-14-10-11-20-12-16(14)21-17(23)15(9-8-13-6-7-13)22-18(24)25-19(2,3)4/h10-13,15H,5-9H2,1-4H3,(H,21,23)(H,22,24). The number of ether oxygens (including phenoxy) is 1. The number of amides is 2. The van der Waals surface area contributed by atoms with E-state index in [4.69, 9.17) is 4.74 Å². The molecule has 0 saturated heterocycles. The third-order valence-corrected chi connectivity index (χ3v) is 4.12. The number of aromatic nitrogens is 1. The van der Waals surface area contributed by atoms with Crippen molar-refractivity contribution in [1.29, 1.82) is 0 Å². The van der Waals surface area contributed by atoms with Crippen molar-refractivity contribution in [2.75, 3.05) is 5.32 Å². The Morgan fingerprint density at radius 1 is 1.36 bits per heavy atom. The number of aryl methyl sites for hydroxylation is 1. The number of carbonyl (C=O) groups is 2. The monoisotopic (exact) mass is 347 g/mol. The van der Waals surface area contributed by atoms with E-state index in [9.17, 15) is 9.59 Å². The van der Waals surface area contributed by atoms with Gasteiger partial charge in [0.25, 0.3) is 0 Å². The molecule has 2 N–H and O–H groups in total. The second kappa shape index (κ2) is 8.32. The minimum Gasteiger partial charge on any atom is -0.444 e. The Labute approximate surface area is 149 Å². The molecule has 25 heavy (non-hydrogen) atoms. The van der Waals surface area contributed by atoms with Crippen LogP contribution in [0.2, 0.25) is 0 Å². The number of hydrogen-bond acceptors (Lipinski definition) is 4. The van der Waals surface area contributed by atoms with Gasteiger partial charge in [0, 0.05) is 6.20 Å². The number of carbonyl (C=O) groups excluding carboxylic acids is 2. The molecule has 6 heteroatoms. The minimum atomic E-state index is -0.611. The second-order valence-electron chi connectivity index (χ2n) is 7.60. The van der Waals surface area contributed by atoms with Gasteiger partial charge in [0.2, 0.25) is 5.91 Å². The third kappa shape index (κ3) is 6.72. The second-order valence-corrected chi connectivity index (χ2v) is 7.60. The molecule has 1 heterocycles. The number of alkyl carbamates (subject to hydrolysis) is 1. The smallest absolute Gasteiger partial charge is 0.408 e. The van der Waals surface area contributed by atoms with E-state index in [1.165, 1.54) is 12.8 Å². The predicted octanol–water partition coefficient (Wildman–Crippen LogP) is 3.67. The summed E-state index contributed by atoms with van der Waals surface area (Å²) in [5.74, 6) is 0.453. The molecule has 0 radical (unpaired) electrons. The molecule has 138 valence electrons. The van der Waals surface area contributed by atoms with Crippen molar-refractivity contribution in [1.82, 2.24) is 10.3 Å². The van der Waals surface area contributed by atoms with Crippen molar-refractivity contribution in [2.45, 2.75) is 71.4 Å². The largest absolute Gasteiger partial charge is 0.444 e. The minimum absolute atomic E-state index is 0.228. The summed E-state index contributed by atoms with van der Waals surface area (Å²) in [6.07, 6.45) is 7.54. The number of anilines is 1. The average Bonchev–Trinajstić information content (AvgIpc) is 3.34. The van der Waals surface area contributed by atoms with Crippen molar-refractivity contribution in [3.8, 4) is 0 Å². The zero-order valence-corrected chi connectivity index (χ0v) is 15.6. The lowest BCUT2D eigenvalue weighted by Gasteiger charge is -2.23. The quantitative estimate of drug-likeness (QED) is 0.789. The van der Waals surface area contributed by atoms with Crippen molar-refractivity contribution >= 4 is 17.7 Å². The molecule has 1 fully saturated rings. The van der Waals surface area contributed by atoms with Gasteiger partial charge < -0.3 is 15.4 Å². The highest BCUT2D eigenvalue weighted by Gasteiger charge is 2.28. The first-order valence-electron chi connectivity index (χ1n) is 9.01. The van der Waals surface area contributed by atoms with Crippen LogP contribution in [0.1, 0.15) is 58.9 Å². The Balaban J connectivity index is 2.02. The molecule has 0 aromatic carbocycles. The van der Waals surface area contributed by atoms with Crippen molar-refractivity contribution in [3.63, 3.8) is 0 Å². The third-order valence-electron chi connectivity index (χ3n) is 4.12. The molecule has 0 aliphatic heterocycles. The van der Waals surface area contributed by atoms with Gasteiger partial charge in [-0.2, -0.15) is 0 Å². The number of nitrogens with zero attached hydrogens (tertiary/aromatic N) is 1. The first kappa shape index (κ1) is 19.2. The van der Waals surface area contributed by atoms with Crippen LogP contribution >= 0.6 is 0 Å². The predicted molar refractivity (Wildman–Crippen MR) is 97.4 cm³/mol. The molecule has 6 nitrogen and oxygen atoms in total. The number of rotatable bonds is 7. The van der Waals surface area contributed by atoms with E-state index in [2.05, 4.69) is 15.6 Å². The van der Waals surface area contributed by atoms with Crippen LogP contribution < -0.4 is 10.6 Å². The van der Waals surface area contributed by atoms with Crippen molar-refractivity contribution in [3.05, 3.63) is 24.0 Å². The van der Waals surface area contributed by atoms with Crippen molar-refractivity contribution < 1.29 is 14.3 Å². The highest BCUT2D eigenvalue weighted by molar-refractivity contribution is 5.97. The van der Waals surface area contributed by atoms with Gasteiger partial charge in [-0.3, -0.25) is 9.78 Å². The molecule has 0 bridgehead atoms. The average molecular weight is 347 g/mol. The lowest BCUT2D eigenvalue weighted by molar-refractivity contribution is -0.118. The van der Waals surface area contributed by atoms with E-state index in [1.54, 1.807) is 33.2 Å². The van der Waals surface area contributed by atoms with Crippen LogP contribution in [0.15, 0.2) is 18.5 Å². The van der Waals surface area contributed by atoms with Crippen LogP contribution in [0.5, 0.6) is 0 Å². The Bertz CT molecular complexity index is 606. The molecule has 1 aromatic heterocycles. The van der Waals surface area contributed by atoms with Gasteiger partial charge in [0.05, 0.1) is 11.9 Å². The van der Waals surface area contributed by atoms with Crippen LogP contribution in [-0.2, 0) is 16.0 Å². The van der Waals surface area contributed by atoms with E-state index < -0.39 is 17.7 Å². The van der Waals surface area contributed by atoms with Crippen LogP contribution in [0.4, 0.5) is 10.5 Å². The fourth-order valence-corrected chi connectivity index (χ4v) is 2.59. The Morgan fingerprint density at radius 2 is 2.08 bits per heavy atom. The van der Waals surface area contributed by atoms with Gasteiger partial charge in [-0.25, -0.2) is 4.79 Å². The SMILES string of the molecule is CCc1ccncc1NC(=O)C(CCC1CC1)NC(=O)OC(C)(C)C. The highest BCUT2D eigenvalue weighted by atomic mass is 16.6. The van der Waals surface area contributed by atoms with Gasteiger partial charge in [-0.05, 0) is 57.6 Å². The number of hydrogen-bond donors (Lipinski definition) is 2. The number of pyridine rings is 1. The molecular formula is C19H29N3O3. The summed E-state index contributed by atoms with van der Waals surface area (Å²) >= 11 is 0. The molecular weight excluding hydrogens is 318 g/mol. The maximum Gasteiger partial charge on any atom is 0.408 e. The van der Waals surface area contributed by atoms with Crippen LogP contribution in [0, 0.1) is 5.92 Å². The first-order valence-corrected chi connectivity index (χ1v) is 9.01. The fraction of sp³-hybridized carbons (Fsp3) is 0.632. The Morgan fingerprint density at radius 3 is 2.68 bits per heavy atom. The van der Waals surface area contributed by atoms with Crippen molar-refractivity contribution in [2.24, 2.45) is 5.92 Å². The summed E-state index contributed by atoms with van der Waals surface area (Å²) in [7, 11) is 0. The van der Waals surface area contributed by atoms with E-state index in [1.807, 2.05) is 13.0 Å². The summed E-state index contributed by atoms with van der Waals surface area (Å²) in [6.45, 7) is 7.42. The van der Waals surface area contributed by atoms with Gasteiger partial charge in [0.1, 0.15) is 11.6 Å². The van der Waals surface area contributed by atoms with E-state index >= 15 is 0 Å². The lowest BCUT2D eigenvalue weighted by Crippen LogP contribution is -2.46. The zero-order chi connectivity index (χ0) is 18.4. The maximum atomic E-state index is 12.7. The molecule has 0 spiro atoms. The molecule has 2 amide bonds. The number of nitrogens with one attached hydrogen (secondary N) is 2. The van der Waals surface area contributed by atoms with Crippen LogP contribution in [0.25, 0.3) is 0 Å². The zero-order valence-electron chi connectivity index (χ0n) is 15.6. The summed E-state index contributed by atoms with van der Waals surface area (Å²) in [6, 6.07) is 1.27. The van der Waals surface area contributed by atoms with Gasteiger partial charge in [-0.15, -0.1) is 0 Å². The first-order chi connectivity index (χ1) is 11.8. The Kier molecular flexibility index (Phi) is 6.39. The molecule has 1 aliphatic carbocycles. The van der Waals surface area contributed by atoms with Gasteiger partial charge >= 0.3 is 6.09 Å². The normalized spacial score (nSPS) is 15.4. The Hall–Kier alpha value is -2.11. The molecule has 1 aliphatic rings. The van der Waals surface area contributed by atoms with E-state index in [-0.39, 0.29) is 5.91 Å². The topological polar surface area (TPSA) is 80.3 Å². The van der Waals surface area contributed by atoms with E-state index in [0.29, 0.717) is 18.0 Å². The molecule has 1 saturated carbocycles. The summed E-state index contributed by atoms with van der Waals surface area (Å²) < 4.78 is 5.29. The van der Waals surface area contributed by atoms with Gasteiger partial charge in [-0.1, -0.05) is 19.8 Å². The maximum absolute atomic E-state index is 12.7. The molecule has 1 unspecified atom stereocenters. The fourth-order valence-electron chi connectivity index (χ4n) is 2.59. The van der Waals surface area contributed by atoms with Gasteiger partial charge in [0.15, 0.2) is 0 Å². The summed E-state index contributed by atoms with van der Waals surface area (Å²) in [5, 5.41) is 5.62. The van der Waals surface area contributed by atoms with Crippen LogP contribution in [0.3, 0.4) is 0 Å². The van der Waals surface area contributed by atoms with E-state index in [0.717, 1.165) is 18.4 Å². The highest BCUT2D eigenvalue weighted by Crippen LogP contribution is 2.34. The molecule has 2 rings (SSSR count). The molecule has 1 atom stereocenters. The molecule has 1 aromatic rings. The summed E-state index contributed by atoms with van der Waals surface area (Å²) in [5.41, 5.74) is 1.11. The summed E-state index contributed by atoms with van der Waals surface area (Å²) in [4.78, 5) is 28.9. The lowest BCUT2D eigenvalue weighted by atomic mass is 10.1.